The monoisotopic (exact) mass is 305 g/mol. The zero-order valence-corrected chi connectivity index (χ0v) is 12.2. The van der Waals surface area contributed by atoms with Gasteiger partial charge in [-0.2, -0.15) is 0 Å². The fourth-order valence-corrected chi connectivity index (χ4v) is 3.04. The van der Waals surface area contributed by atoms with Crippen molar-refractivity contribution in [2.24, 2.45) is 0 Å². The van der Waals surface area contributed by atoms with Crippen LogP contribution in [0.2, 0.25) is 0 Å². The molecule has 0 spiro atoms. The van der Waals surface area contributed by atoms with Gasteiger partial charge in [0.15, 0.2) is 0 Å². The summed E-state index contributed by atoms with van der Waals surface area (Å²) in [6.45, 7) is 1.72. The molecule has 6 nitrogen and oxygen atoms in total. The van der Waals surface area contributed by atoms with E-state index in [1.165, 1.54) is 7.11 Å². The molecule has 1 unspecified atom stereocenters. The van der Waals surface area contributed by atoms with Crippen molar-refractivity contribution in [3.63, 3.8) is 0 Å². The SMILES string of the molecule is COCC(C)NS(=O)(=O)c1cc(F)ccc1C(=O)OC. The van der Waals surface area contributed by atoms with E-state index in [0.717, 1.165) is 25.3 Å². The fourth-order valence-electron chi connectivity index (χ4n) is 1.61. The van der Waals surface area contributed by atoms with Gasteiger partial charge in [-0.05, 0) is 25.1 Å². The van der Waals surface area contributed by atoms with Gasteiger partial charge >= 0.3 is 5.97 Å². The lowest BCUT2D eigenvalue weighted by atomic mass is 10.2. The molecule has 1 aromatic rings. The number of rotatable bonds is 6. The highest BCUT2D eigenvalue weighted by Gasteiger charge is 2.25. The average Bonchev–Trinajstić information content (AvgIpc) is 2.37. The van der Waals surface area contributed by atoms with Gasteiger partial charge in [0.25, 0.3) is 0 Å². The summed E-state index contributed by atoms with van der Waals surface area (Å²) in [6.07, 6.45) is 0. The van der Waals surface area contributed by atoms with Crippen LogP contribution in [0.3, 0.4) is 0 Å². The molecule has 0 saturated heterocycles. The van der Waals surface area contributed by atoms with Gasteiger partial charge in [0.05, 0.1) is 24.2 Å². The lowest BCUT2D eigenvalue weighted by Gasteiger charge is -2.15. The fraction of sp³-hybridized carbons (Fsp3) is 0.417. The van der Waals surface area contributed by atoms with Crippen LogP contribution < -0.4 is 4.72 Å². The molecule has 8 heteroatoms. The molecule has 0 saturated carbocycles. The van der Waals surface area contributed by atoms with Gasteiger partial charge in [-0.25, -0.2) is 22.3 Å². The summed E-state index contributed by atoms with van der Waals surface area (Å²) in [5.74, 6) is -1.62. The Balaban J connectivity index is 3.22. The molecular formula is C12H16FNO5S. The number of carbonyl (C=O) groups is 1. The van der Waals surface area contributed by atoms with Gasteiger partial charge in [-0.15, -0.1) is 0 Å². The van der Waals surface area contributed by atoms with E-state index in [4.69, 9.17) is 4.74 Å². The molecule has 0 amide bonds. The van der Waals surface area contributed by atoms with Crippen LogP contribution in [0.1, 0.15) is 17.3 Å². The first-order chi connectivity index (χ1) is 9.31. The third-order valence-corrected chi connectivity index (χ3v) is 4.04. The molecule has 0 heterocycles. The number of hydrogen-bond acceptors (Lipinski definition) is 5. The molecule has 0 aliphatic rings. The molecule has 1 aromatic carbocycles. The Kier molecular flexibility index (Phi) is 5.61. The minimum absolute atomic E-state index is 0.141. The third kappa shape index (κ3) is 3.99. The lowest BCUT2D eigenvalue weighted by Crippen LogP contribution is -2.36. The number of methoxy groups -OCH3 is 2. The molecule has 0 bridgehead atoms. The normalized spacial score (nSPS) is 13.0. The second-order valence-corrected chi connectivity index (χ2v) is 5.79. The summed E-state index contributed by atoms with van der Waals surface area (Å²) in [7, 11) is -1.52. The van der Waals surface area contributed by atoms with E-state index in [1.807, 2.05) is 0 Å². The summed E-state index contributed by atoms with van der Waals surface area (Å²) in [6, 6.07) is 2.30. The number of sulfonamides is 1. The van der Waals surface area contributed by atoms with Crippen molar-refractivity contribution in [3.8, 4) is 0 Å². The van der Waals surface area contributed by atoms with E-state index in [1.54, 1.807) is 6.92 Å². The Morgan fingerprint density at radius 3 is 2.60 bits per heavy atom. The number of esters is 1. The predicted molar refractivity (Wildman–Crippen MR) is 69.4 cm³/mol. The second kappa shape index (κ2) is 6.78. The Hall–Kier alpha value is -1.51. The number of halogens is 1. The summed E-state index contributed by atoms with van der Waals surface area (Å²) in [5, 5.41) is 0. The van der Waals surface area contributed by atoms with Crippen LogP contribution in [0.25, 0.3) is 0 Å². The van der Waals surface area contributed by atoms with Crippen LogP contribution >= 0.6 is 0 Å². The van der Waals surface area contributed by atoms with Gasteiger partial charge in [0, 0.05) is 13.2 Å². The van der Waals surface area contributed by atoms with Crippen LogP contribution in [0.5, 0.6) is 0 Å². The summed E-state index contributed by atoms with van der Waals surface area (Å²) < 4.78 is 49.2. The van der Waals surface area contributed by atoms with E-state index in [-0.39, 0.29) is 12.2 Å². The van der Waals surface area contributed by atoms with Crippen LogP contribution in [-0.4, -0.2) is 41.3 Å². The molecule has 1 rings (SSSR count). The summed E-state index contributed by atoms with van der Waals surface area (Å²) in [4.78, 5) is 11.1. The first kappa shape index (κ1) is 16.5. The number of ether oxygens (including phenoxy) is 2. The quantitative estimate of drug-likeness (QED) is 0.791. The summed E-state index contributed by atoms with van der Waals surface area (Å²) >= 11 is 0. The zero-order valence-electron chi connectivity index (χ0n) is 11.3. The van der Waals surface area contributed by atoms with E-state index < -0.39 is 32.7 Å². The van der Waals surface area contributed by atoms with Gasteiger partial charge in [-0.1, -0.05) is 0 Å². The standard InChI is InChI=1S/C12H16FNO5S/c1-8(7-18-2)14-20(16,17)11-6-9(13)4-5-10(11)12(15)19-3/h4-6,8,14H,7H2,1-3H3. The highest BCUT2D eigenvalue weighted by Crippen LogP contribution is 2.18. The Morgan fingerprint density at radius 2 is 2.05 bits per heavy atom. The average molecular weight is 305 g/mol. The third-order valence-electron chi connectivity index (χ3n) is 2.41. The Labute approximate surface area is 116 Å². The van der Waals surface area contributed by atoms with Gasteiger partial charge < -0.3 is 9.47 Å². The number of nitrogens with one attached hydrogen (secondary N) is 1. The van der Waals surface area contributed by atoms with Crippen LogP contribution in [0.15, 0.2) is 23.1 Å². The van der Waals surface area contributed by atoms with E-state index in [9.17, 15) is 17.6 Å². The maximum atomic E-state index is 13.3. The highest BCUT2D eigenvalue weighted by atomic mass is 32.2. The second-order valence-electron chi connectivity index (χ2n) is 4.11. The Bertz CT molecular complexity index is 588. The van der Waals surface area contributed by atoms with Gasteiger partial charge in [0.1, 0.15) is 5.82 Å². The topological polar surface area (TPSA) is 81.7 Å². The number of benzene rings is 1. The first-order valence-electron chi connectivity index (χ1n) is 5.71. The smallest absolute Gasteiger partial charge is 0.339 e. The maximum Gasteiger partial charge on any atom is 0.339 e. The molecule has 0 radical (unpaired) electrons. The highest BCUT2D eigenvalue weighted by molar-refractivity contribution is 7.89. The molecule has 1 N–H and O–H groups in total. The number of carbonyl (C=O) groups excluding carboxylic acids is 1. The number of hydrogen-bond donors (Lipinski definition) is 1. The van der Waals surface area contributed by atoms with Crippen molar-refractivity contribution >= 4 is 16.0 Å². The molecule has 0 aromatic heterocycles. The van der Waals surface area contributed by atoms with Crippen LogP contribution in [0.4, 0.5) is 4.39 Å². The minimum Gasteiger partial charge on any atom is -0.465 e. The van der Waals surface area contributed by atoms with Crippen LogP contribution in [-0.2, 0) is 19.5 Å². The maximum absolute atomic E-state index is 13.3. The van der Waals surface area contributed by atoms with Crippen molar-refractivity contribution in [2.75, 3.05) is 20.8 Å². The minimum atomic E-state index is -4.06. The van der Waals surface area contributed by atoms with Gasteiger partial charge in [0.2, 0.25) is 10.0 Å². The Morgan fingerprint density at radius 1 is 1.40 bits per heavy atom. The molecule has 0 fully saturated rings. The van der Waals surface area contributed by atoms with Crippen molar-refractivity contribution in [3.05, 3.63) is 29.6 Å². The van der Waals surface area contributed by atoms with E-state index >= 15 is 0 Å². The van der Waals surface area contributed by atoms with Crippen molar-refractivity contribution < 1.29 is 27.1 Å². The molecule has 1 atom stereocenters. The largest absolute Gasteiger partial charge is 0.465 e. The van der Waals surface area contributed by atoms with Crippen molar-refractivity contribution in [1.82, 2.24) is 4.72 Å². The summed E-state index contributed by atoms with van der Waals surface area (Å²) in [5.41, 5.74) is -0.231. The molecular weight excluding hydrogens is 289 g/mol. The zero-order chi connectivity index (χ0) is 15.3. The lowest BCUT2D eigenvalue weighted by molar-refractivity contribution is 0.0596. The van der Waals surface area contributed by atoms with Gasteiger partial charge in [-0.3, -0.25) is 0 Å². The van der Waals surface area contributed by atoms with Crippen molar-refractivity contribution in [2.45, 2.75) is 17.9 Å². The first-order valence-corrected chi connectivity index (χ1v) is 7.19. The van der Waals surface area contributed by atoms with Crippen LogP contribution in [0, 0.1) is 5.82 Å². The van der Waals surface area contributed by atoms with Crippen molar-refractivity contribution in [1.29, 1.82) is 0 Å². The molecule has 20 heavy (non-hydrogen) atoms. The molecule has 0 aliphatic heterocycles. The predicted octanol–water partition coefficient (Wildman–Crippen LogP) is 0.925. The van der Waals surface area contributed by atoms with E-state index in [0.29, 0.717) is 0 Å². The van der Waals surface area contributed by atoms with E-state index in [2.05, 4.69) is 9.46 Å². The molecule has 112 valence electrons. The molecule has 0 aliphatic carbocycles.